The Labute approximate surface area is 114 Å². The van der Waals surface area contributed by atoms with E-state index in [9.17, 15) is 0 Å². The van der Waals surface area contributed by atoms with Crippen LogP contribution in [0, 0.1) is 20.8 Å². The Morgan fingerprint density at radius 2 is 1.82 bits per heavy atom. The molecule has 2 rings (SSSR count). The molecule has 2 aromatic rings. The van der Waals surface area contributed by atoms with Crippen molar-refractivity contribution in [3.05, 3.63) is 45.7 Å². The predicted molar refractivity (Wildman–Crippen MR) is 74.5 cm³/mol. The molecular weight excluding hydrogens is 296 g/mol. The van der Waals surface area contributed by atoms with Crippen molar-refractivity contribution < 1.29 is 0 Å². The fourth-order valence-corrected chi connectivity index (χ4v) is 2.74. The highest BCUT2D eigenvalue weighted by molar-refractivity contribution is 9.10. The van der Waals surface area contributed by atoms with Crippen LogP contribution in [0.1, 0.15) is 16.8 Å². The van der Waals surface area contributed by atoms with Crippen LogP contribution >= 0.6 is 27.7 Å². The van der Waals surface area contributed by atoms with Crippen molar-refractivity contribution in [1.82, 2.24) is 9.97 Å². The topological polar surface area (TPSA) is 25.8 Å². The molecule has 0 saturated heterocycles. The Bertz CT molecular complexity index is 535. The Morgan fingerprint density at radius 3 is 2.47 bits per heavy atom. The van der Waals surface area contributed by atoms with Gasteiger partial charge in [-0.05, 0) is 66.0 Å². The average Bonchev–Trinajstić information content (AvgIpc) is 2.22. The number of hydrogen-bond acceptors (Lipinski definition) is 3. The largest absolute Gasteiger partial charge is 0.248 e. The van der Waals surface area contributed by atoms with Crippen LogP contribution in [0.15, 0.2) is 38.9 Å². The lowest BCUT2D eigenvalue weighted by Crippen LogP contribution is -1.89. The van der Waals surface area contributed by atoms with Crippen molar-refractivity contribution in [3.63, 3.8) is 0 Å². The molecule has 88 valence electrons. The van der Waals surface area contributed by atoms with E-state index in [2.05, 4.69) is 57.9 Å². The van der Waals surface area contributed by atoms with Crippen molar-refractivity contribution in [3.8, 4) is 0 Å². The summed E-state index contributed by atoms with van der Waals surface area (Å²) in [6, 6.07) is 6.22. The highest BCUT2D eigenvalue weighted by Gasteiger charge is 2.04. The van der Waals surface area contributed by atoms with Crippen LogP contribution in [-0.2, 0) is 0 Å². The summed E-state index contributed by atoms with van der Waals surface area (Å²) < 4.78 is 1.04. The van der Waals surface area contributed by atoms with E-state index in [4.69, 9.17) is 0 Å². The number of nitrogens with zero attached hydrogens (tertiary/aromatic N) is 2. The summed E-state index contributed by atoms with van der Waals surface area (Å²) >= 11 is 5.05. The molecule has 0 bridgehead atoms. The molecule has 0 aliphatic heterocycles. The second-order valence-electron chi connectivity index (χ2n) is 4.00. The minimum atomic E-state index is 0.975. The van der Waals surface area contributed by atoms with Gasteiger partial charge in [-0.2, -0.15) is 0 Å². The number of pyridine rings is 2. The van der Waals surface area contributed by atoms with E-state index in [1.807, 2.05) is 13.1 Å². The van der Waals surface area contributed by atoms with Crippen LogP contribution < -0.4 is 0 Å². The number of halogens is 1. The highest BCUT2D eigenvalue weighted by Crippen LogP contribution is 2.27. The van der Waals surface area contributed by atoms with Crippen molar-refractivity contribution in [2.24, 2.45) is 0 Å². The smallest absolute Gasteiger partial charge is 0.103 e. The third-order valence-corrected chi connectivity index (χ3v) is 3.99. The first-order valence-corrected chi connectivity index (χ1v) is 6.91. The maximum absolute atomic E-state index is 4.49. The molecule has 2 nitrogen and oxygen atoms in total. The van der Waals surface area contributed by atoms with Gasteiger partial charge < -0.3 is 0 Å². The summed E-state index contributed by atoms with van der Waals surface area (Å²) in [7, 11) is 0. The maximum Gasteiger partial charge on any atom is 0.103 e. The first-order chi connectivity index (χ1) is 8.04. The number of aromatic nitrogens is 2. The minimum Gasteiger partial charge on any atom is -0.248 e. The van der Waals surface area contributed by atoms with Gasteiger partial charge in [0.05, 0.1) is 0 Å². The lowest BCUT2D eigenvalue weighted by molar-refractivity contribution is 1.03. The van der Waals surface area contributed by atoms with Crippen LogP contribution in [-0.4, -0.2) is 9.97 Å². The summed E-state index contributed by atoms with van der Waals surface area (Å²) in [5, 5.41) is 1.97. The second-order valence-corrected chi connectivity index (χ2v) is 5.89. The molecule has 0 N–H and O–H groups in total. The van der Waals surface area contributed by atoms with Gasteiger partial charge in [-0.1, -0.05) is 11.8 Å². The quantitative estimate of drug-likeness (QED) is 0.826. The van der Waals surface area contributed by atoms with E-state index in [0.717, 1.165) is 20.2 Å². The molecule has 4 heteroatoms. The van der Waals surface area contributed by atoms with Gasteiger partial charge in [0, 0.05) is 16.4 Å². The summed E-state index contributed by atoms with van der Waals surface area (Å²) in [5.74, 6) is 0. The van der Waals surface area contributed by atoms with Crippen LogP contribution in [0.25, 0.3) is 0 Å². The van der Waals surface area contributed by atoms with Crippen LogP contribution in [0.3, 0.4) is 0 Å². The molecule has 0 unspecified atom stereocenters. The van der Waals surface area contributed by atoms with E-state index in [-0.39, 0.29) is 0 Å². The molecule has 2 aromatic heterocycles. The summed E-state index contributed by atoms with van der Waals surface area (Å²) in [6.45, 7) is 6.15. The zero-order valence-electron chi connectivity index (χ0n) is 9.99. The minimum absolute atomic E-state index is 0.975. The number of hydrogen-bond donors (Lipinski definition) is 0. The SMILES string of the molecule is Cc1cc(C)nc(Sc2cc(C)c(Br)cn2)c1. The van der Waals surface area contributed by atoms with E-state index >= 15 is 0 Å². The van der Waals surface area contributed by atoms with Crippen LogP contribution in [0.2, 0.25) is 0 Å². The molecule has 0 atom stereocenters. The number of rotatable bonds is 2. The molecule has 2 heterocycles. The highest BCUT2D eigenvalue weighted by atomic mass is 79.9. The fraction of sp³-hybridized carbons (Fsp3) is 0.231. The van der Waals surface area contributed by atoms with E-state index < -0.39 is 0 Å². The van der Waals surface area contributed by atoms with Gasteiger partial charge in [0.2, 0.25) is 0 Å². The molecule has 0 saturated carbocycles. The molecule has 0 amide bonds. The van der Waals surface area contributed by atoms with E-state index in [1.165, 1.54) is 11.1 Å². The Morgan fingerprint density at radius 1 is 1.06 bits per heavy atom. The van der Waals surface area contributed by atoms with Gasteiger partial charge in [-0.15, -0.1) is 0 Å². The van der Waals surface area contributed by atoms with Gasteiger partial charge in [-0.25, -0.2) is 9.97 Å². The van der Waals surface area contributed by atoms with E-state index in [0.29, 0.717) is 0 Å². The van der Waals surface area contributed by atoms with Gasteiger partial charge in [0.15, 0.2) is 0 Å². The Balaban J connectivity index is 2.28. The van der Waals surface area contributed by atoms with Gasteiger partial charge in [0.25, 0.3) is 0 Å². The maximum atomic E-state index is 4.49. The fourth-order valence-electron chi connectivity index (χ4n) is 1.53. The molecule has 0 radical (unpaired) electrons. The average molecular weight is 309 g/mol. The first kappa shape index (κ1) is 12.6. The monoisotopic (exact) mass is 308 g/mol. The number of aryl methyl sites for hydroxylation is 3. The molecule has 0 aliphatic rings. The third kappa shape index (κ3) is 3.30. The van der Waals surface area contributed by atoms with Crippen molar-refractivity contribution >= 4 is 27.7 Å². The van der Waals surface area contributed by atoms with Crippen LogP contribution in [0.4, 0.5) is 0 Å². The van der Waals surface area contributed by atoms with Crippen molar-refractivity contribution in [2.75, 3.05) is 0 Å². The molecule has 0 fully saturated rings. The van der Waals surface area contributed by atoms with Gasteiger partial charge in [-0.3, -0.25) is 0 Å². The molecule has 0 spiro atoms. The zero-order chi connectivity index (χ0) is 12.4. The standard InChI is InChI=1S/C13H13BrN2S/c1-8-4-10(3)16-13(5-8)17-12-6-9(2)11(14)7-15-12/h4-7H,1-3H3. The summed E-state index contributed by atoms with van der Waals surface area (Å²) in [5.41, 5.74) is 3.46. The molecule has 17 heavy (non-hydrogen) atoms. The van der Waals surface area contributed by atoms with Crippen molar-refractivity contribution in [1.29, 1.82) is 0 Å². The summed E-state index contributed by atoms with van der Waals surface area (Å²) in [4.78, 5) is 8.86. The zero-order valence-corrected chi connectivity index (χ0v) is 12.4. The third-order valence-electron chi connectivity index (χ3n) is 2.31. The van der Waals surface area contributed by atoms with Gasteiger partial charge >= 0.3 is 0 Å². The lowest BCUT2D eigenvalue weighted by atomic mass is 10.3. The van der Waals surface area contributed by atoms with Crippen LogP contribution in [0.5, 0.6) is 0 Å². The second kappa shape index (κ2) is 5.19. The predicted octanol–water partition coefficient (Wildman–Crippen LogP) is 4.32. The van der Waals surface area contributed by atoms with Gasteiger partial charge in [0.1, 0.15) is 10.1 Å². The molecular formula is C13H13BrN2S. The summed E-state index contributed by atoms with van der Waals surface area (Å²) in [6.07, 6.45) is 1.83. The van der Waals surface area contributed by atoms with E-state index in [1.54, 1.807) is 11.8 Å². The Hall–Kier alpha value is -0.870. The lowest BCUT2D eigenvalue weighted by Gasteiger charge is -2.04. The molecule has 0 aliphatic carbocycles. The van der Waals surface area contributed by atoms with Crippen molar-refractivity contribution in [2.45, 2.75) is 30.8 Å². The molecule has 0 aromatic carbocycles. The normalized spacial score (nSPS) is 10.6. The first-order valence-electron chi connectivity index (χ1n) is 5.30. The Kier molecular flexibility index (Phi) is 3.84.